The molecule has 1 atom stereocenters. The second kappa shape index (κ2) is 6.40. The van der Waals surface area contributed by atoms with Crippen LogP contribution in [0.5, 0.6) is 5.75 Å². The minimum atomic E-state index is 0.259. The highest BCUT2D eigenvalue weighted by Gasteiger charge is 2.27. The topological polar surface area (TPSA) is 24.5 Å². The molecule has 1 N–H and O–H groups in total. The number of piperidine rings is 1. The molecule has 106 valence electrons. The Kier molecular flexibility index (Phi) is 4.83. The van der Waals surface area contributed by atoms with Crippen molar-refractivity contribution in [2.45, 2.75) is 38.3 Å². The monoisotopic (exact) mass is 262 g/mol. The number of benzene rings is 1. The maximum atomic E-state index is 5.42. The molecule has 0 saturated carbocycles. The van der Waals surface area contributed by atoms with Crippen molar-refractivity contribution < 1.29 is 4.74 Å². The largest absolute Gasteiger partial charge is 0.496 e. The van der Waals surface area contributed by atoms with E-state index in [4.69, 9.17) is 4.74 Å². The molecule has 1 aliphatic heterocycles. The van der Waals surface area contributed by atoms with E-state index in [1.54, 1.807) is 7.11 Å². The van der Waals surface area contributed by atoms with Crippen LogP contribution in [0.2, 0.25) is 0 Å². The molecule has 0 aliphatic carbocycles. The van der Waals surface area contributed by atoms with Gasteiger partial charge < -0.3 is 15.0 Å². The second-order valence-electron chi connectivity index (χ2n) is 5.93. The molecule has 3 heteroatoms. The summed E-state index contributed by atoms with van der Waals surface area (Å²) in [6, 6.07) is 8.27. The first-order valence-electron chi connectivity index (χ1n) is 7.18. The number of hydrogen-bond acceptors (Lipinski definition) is 3. The normalized spacial score (nSPS) is 23.6. The van der Waals surface area contributed by atoms with Crippen LogP contribution in [0.25, 0.3) is 0 Å². The number of methoxy groups -OCH3 is 1. The fourth-order valence-electron chi connectivity index (χ4n) is 3.03. The first kappa shape index (κ1) is 14.4. The third-order valence-electron chi connectivity index (χ3n) is 3.96. The van der Waals surface area contributed by atoms with Crippen molar-refractivity contribution in [1.29, 1.82) is 0 Å². The predicted molar refractivity (Wildman–Crippen MR) is 79.6 cm³/mol. The summed E-state index contributed by atoms with van der Waals surface area (Å²) >= 11 is 0. The van der Waals surface area contributed by atoms with Gasteiger partial charge in [-0.05, 0) is 39.4 Å². The summed E-state index contributed by atoms with van der Waals surface area (Å²) in [5, 5.41) is 3.67. The predicted octanol–water partition coefficient (Wildman–Crippen LogP) is 2.66. The fourth-order valence-corrected chi connectivity index (χ4v) is 3.03. The van der Waals surface area contributed by atoms with E-state index < -0.39 is 0 Å². The van der Waals surface area contributed by atoms with E-state index in [1.807, 2.05) is 12.1 Å². The maximum absolute atomic E-state index is 5.42. The Hall–Kier alpha value is -1.06. The van der Waals surface area contributed by atoms with Crippen molar-refractivity contribution in [2.75, 3.05) is 27.2 Å². The zero-order valence-corrected chi connectivity index (χ0v) is 12.4. The molecule has 19 heavy (non-hydrogen) atoms. The third kappa shape index (κ3) is 3.95. The van der Waals surface area contributed by atoms with E-state index in [1.165, 1.54) is 24.8 Å². The number of hydrogen-bond donors (Lipinski definition) is 1. The van der Waals surface area contributed by atoms with E-state index in [9.17, 15) is 0 Å². The van der Waals surface area contributed by atoms with Crippen LogP contribution in [-0.4, -0.2) is 37.7 Å². The Balaban J connectivity index is 1.95. The van der Waals surface area contributed by atoms with Gasteiger partial charge in [0.25, 0.3) is 0 Å². The molecule has 0 amide bonds. The van der Waals surface area contributed by atoms with Crippen LogP contribution < -0.4 is 10.1 Å². The summed E-state index contributed by atoms with van der Waals surface area (Å²) in [7, 11) is 3.93. The molecule has 1 aromatic carbocycles. The van der Waals surface area contributed by atoms with Crippen LogP contribution in [0.15, 0.2) is 24.3 Å². The molecule has 1 saturated heterocycles. The van der Waals surface area contributed by atoms with Crippen LogP contribution in [0, 0.1) is 0 Å². The molecule has 3 nitrogen and oxygen atoms in total. The molecule has 1 aromatic rings. The SMILES string of the molecule is COc1ccccc1CN(C)CC1(C)CCCCN1. The van der Waals surface area contributed by atoms with Crippen LogP contribution in [0.3, 0.4) is 0 Å². The molecule has 1 unspecified atom stereocenters. The summed E-state index contributed by atoms with van der Waals surface area (Å²) in [6.45, 7) is 5.50. The van der Waals surface area contributed by atoms with E-state index in [0.29, 0.717) is 0 Å². The molecule has 1 fully saturated rings. The van der Waals surface area contributed by atoms with Gasteiger partial charge in [0.15, 0.2) is 0 Å². The fraction of sp³-hybridized carbons (Fsp3) is 0.625. The van der Waals surface area contributed by atoms with Crippen LogP contribution in [0.4, 0.5) is 0 Å². The van der Waals surface area contributed by atoms with Gasteiger partial charge in [-0.3, -0.25) is 0 Å². The lowest BCUT2D eigenvalue weighted by atomic mass is 9.90. The lowest BCUT2D eigenvalue weighted by molar-refractivity contribution is 0.181. The van der Waals surface area contributed by atoms with Crippen molar-refractivity contribution in [1.82, 2.24) is 10.2 Å². The van der Waals surface area contributed by atoms with Crippen molar-refractivity contribution in [3.05, 3.63) is 29.8 Å². The number of para-hydroxylation sites is 1. The van der Waals surface area contributed by atoms with Crippen molar-refractivity contribution in [2.24, 2.45) is 0 Å². The number of ether oxygens (including phenoxy) is 1. The van der Waals surface area contributed by atoms with Crippen molar-refractivity contribution in [3.63, 3.8) is 0 Å². The van der Waals surface area contributed by atoms with Crippen LogP contribution in [0.1, 0.15) is 31.7 Å². The van der Waals surface area contributed by atoms with E-state index in [-0.39, 0.29) is 5.54 Å². The lowest BCUT2D eigenvalue weighted by Crippen LogP contribution is -2.52. The Bertz CT molecular complexity index is 399. The minimum Gasteiger partial charge on any atom is -0.496 e. The average Bonchev–Trinajstić information content (AvgIpc) is 2.39. The van der Waals surface area contributed by atoms with Gasteiger partial charge in [-0.1, -0.05) is 24.6 Å². The van der Waals surface area contributed by atoms with Crippen LogP contribution >= 0.6 is 0 Å². The quantitative estimate of drug-likeness (QED) is 0.883. The first-order chi connectivity index (χ1) is 9.13. The highest BCUT2D eigenvalue weighted by atomic mass is 16.5. The average molecular weight is 262 g/mol. The summed E-state index contributed by atoms with van der Waals surface area (Å²) in [6.07, 6.45) is 3.92. The lowest BCUT2D eigenvalue weighted by Gasteiger charge is -2.38. The van der Waals surface area contributed by atoms with Crippen molar-refractivity contribution >= 4 is 0 Å². The highest BCUT2D eigenvalue weighted by molar-refractivity contribution is 5.33. The Labute approximate surface area is 116 Å². The van der Waals surface area contributed by atoms with Gasteiger partial charge >= 0.3 is 0 Å². The third-order valence-corrected chi connectivity index (χ3v) is 3.96. The molecule has 1 aliphatic rings. The summed E-state index contributed by atoms with van der Waals surface area (Å²) in [4.78, 5) is 2.39. The number of nitrogens with zero attached hydrogens (tertiary/aromatic N) is 1. The smallest absolute Gasteiger partial charge is 0.123 e. The molecule has 2 rings (SSSR count). The van der Waals surface area contributed by atoms with Gasteiger partial charge in [0, 0.05) is 24.2 Å². The number of likely N-dealkylation sites (N-methyl/N-ethyl adjacent to an activating group) is 1. The standard InChI is InChI=1S/C16H26N2O/c1-16(10-6-7-11-17-16)13-18(2)12-14-8-4-5-9-15(14)19-3/h4-5,8-9,17H,6-7,10-13H2,1-3H3. The van der Waals surface area contributed by atoms with Gasteiger partial charge in [0.2, 0.25) is 0 Å². The Morgan fingerprint density at radius 3 is 2.79 bits per heavy atom. The maximum Gasteiger partial charge on any atom is 0.123 e. The van der Waals surface area contributed by atoms with Gasteiger partial charge in [-0.2, -0.15) is 0 Å². The van der Waals surface area contributed by atoms with Gasteiger partial charge in [0.05, 0.1) is 7.11 Å². The number of rotatable bonds is 5. The minimum absolute atomic E-state index is 0.259. The summed E-state index contributed by atoms with van der Waals surface area (Å²) < 4.78 is 5.42. The zero-order chi connectivity index (χ0) is 13.7. The van der Waals surface area contributed by atoms with E-state index >= 15 is 0 Å². The molecule has 0 spiro atoms. The first-order valence-corrected chi connectivity index (χ1v) is 7.18. The van der Waals surface area contributed by atoms with Crippen molar-refractivity contribution in [3.8, 4) is 5.75 Å². The molecular weight excluding hydrogens is 236 g/mol. The Morgan fingerprint density at radius 2 is 2.11 bits per heavy atom. The highest BCUT2D eigenvalue weighted by Crippen LogP contribution is 2.22. The van der Waals surface area contributed by atoms with Gasteiger partial charge in [0.1, 0.15) is 5.75 Å². The molecule has 0 aromatic heterocycles. The van der Waals surface area contributed by atoms with E-state index in [2.05, 4.69) is 36.3 Å². The number of nitrogens with one attached hydrogen (secondary N) is 1. The van der Waals surface area contributed by atoms with Crippen LogP contribution in [-0.2, 0) is 6.54 Å². The molecular formula is C16H26N2O. The summed E-state index contributed by atoms with van der Waals surface area (Å²) in [5.74, 6) is 0.983. The second-order valence-corrected chi connectivity index (χ2v) is 5.93. The summed E-state index contributed by atoms with van der Waals surface area (Å²) in [5.41, 5.74) is 1.52. The van der Waals surface area contributed by atoms with E-state index in [0.717, 1.165) is 25.4 Å². The van der Waals surface area contributed by atoms with Gasteiger partial charge in [-0.15, -0.1) is 0 Å². The zero-order valence-electron chi connectivity index (χ0n) is 12.4. The van der Waals surface area contributed by atoms with Gasteiger partial charge in [-0.25, -0.2) is 0 Å². The molecule has 1 heterocycles. The molecule has 0 radical (unpaired) electrons. The Morgan fingerprint density at radius 1 is 1.32 bits per heavy atom. The molecule has 0 bridgehead atoms.